The maximum atomic E-state index is 13.1. The summed E-state index contributed by atoms with van der Waals surface area (Å²) in [6.07, 6.45) is 0.603. The van der Waals surface area contributed by atoms with Gasteiger partial charge in [-0.25, -0.2) is 4.39 Å². The molecular weight excluding hydrogens is 313 g/mol. The topological polar surface area (TPSA) is 55.6 Å². The Morgan fingerprint density at radius 2 is 2.26 bits per heavy atom. The lowest BCUT2D eigenvalue weighted by Gasteiger charge is -2.18. The van der Waals surface area contributed by atoms with Gasteiger partial charge in [-0.3, -0.25) is 0 Å². The number of rotatable bonds is 5. The highest BCUT2D eigenvalue weighted by molar-refractivity contribution is 9.10. The molecule has 0 radical (unpaired) electrons. The fraction of sp³-hybridized carbons (Fsp3) is 0.417. The number of aryl methyl sites for hydroxylation is 1. The van der Waals surface area contributed by atoms with Crippen LogP contribution in [0, 0.1) is 5.82 Å². The van der Waals surface area contributed by atoms with Gasteiger partial charge in [-0.05, 0) is 29.5 Å². The highest BCUT2D eigenvalue weighted by Crippen LogP contribution is 2.26. The average molecular weight is 328 g/mol. The van der Waals surface area contributed by atoms with Crippen LogP contribution in [0.5, 0.6) is 0 Å². The number of hydrogen-bond acceptors (Lipinski definition) is 4. The third-order valence-electron chi connectivity index (χ3n) is 2.72. The van der Waals surface area contributed by atoms with Gasteiger partial charge in [0.15, 0.2) is 5.82 Å². The third-order valence-corrected chi connectivity index (χ3v) is 3.41. The van der Waals surface area contributed by atoms with E-state index in [0.717, 1.165) is 16.6 Å². The minimum Gasteiger partial charge on any atom is -0.310 e. The molecule has 1 unspecified atom stereocenters. The van der Waals surface area contributed by atoms with Crippen molar-refractivity contribution in [3.63, 3.8) is 0 Å². The minimum atomic E-state index is -0.261. The number of likely N-dealkylation sites (N-methyl/N-ethyl adjacent to an activating group) is 1. The Bertz CT molecular complexity index is 557. The molecule has 0 saturated carbocycles. The molecule has 5 nitrogen and oxygen atoms in total. The molecule has 0 saturated heterocycles. The largest absolute Gasteiger partial charge is 0.310 e. The molecule has 2 aromatic rings. The Kier molecular flexibility index (Phi) is 4.60. The van der Waals surface area contributed by atoms with Crippen molar-refractivity contribution in [2.45, 2.75) is 19.4 Å². The molecule has 1 N–H and O–H groups in total. The van der Waals surface area contributed by atoms with Gasteiger partial charge in [0, 0.05) is 16.9 Å². The van der Waals surface area contributed by atoms with Gasteiger partial charge in [0.2, 0.25) is 0 Å². The molecule has 0 aliphatic carbocycles. The first kappa shape index (κ1) is 14.1. The van der Waals surface area contributed by atoms with E-state index in [1.807, 2.05) is 6.92 Å². The molecule has 1 atom stereocenters. The van der Waals surface area contributed by atoms with Crippen molar-refractivity contribution in [1.29, 1.82) is 0 Å². The first-order chi connectivity index (χ1) is 9.10. The normalized spacial score (nSPS) is 12.6. The predicted octanol–water partition coefficient (Wildman–Crippen LogP) is 2.00. The van der Waals surface area contributed by atoms with E-state index >= 15 is 0 Å². The van der Waals surface area contributed by atoms with Gasteiger partial charge in [-0.2, -0.15) is 4.80 Å². The SMILES string of the molecule is CCNC(Cc1nnn(C)n1)c1ccc(F)cc1Br. The number of tetrazole rings is 1. The second-order valence-electron chi connectivity index (χ2n) is 4.18. The molecule has 1 aromatic carbocycles. The van der Waals surface area contributed by atoms with Crippen molar-refractivity contribution >= 4 is 15.9 Å². The van der Waals surface area contributed by atoms with E-state index in [1.165, 1.54) is 16.9 Å². The molecule has 1 aromatic heterocycles. The van der Waals surface area contributed by atoms with Gasteiger partial charge in [0.05, 0.1) is 7.05 Å². The summed E-state index contributed by atoms with van der Waals surface area (Å²) in [6, 6.07) is 4.70. The molecule has 0 fully saturated rings. The van der Waals surface area contributed by atoms with Crippen LogP contribution in [0.15, 0.2) is 22.7 Å². The molecule has 0 spiro atoms. The first-order valence-corrected chi connectivity index (χ1v) is 6.80. The highest BCUT2D eigenvalue weighted by atomic mass is 79.9. The summed E-state index contributed by atoms with van der Waals surface area (Å²) in [7, 11) is 1.73. The Morgan fingerprint density at radius 3 is 2.84 bits per heavy atom. The number of halogens is 2. The van der Waals surface area contributed by atoms with E-state index in [4.69, 9.17) is 0 Å². The summed E-state index contributed by atoms with van der Waals surface area (Å²) in [5.41, 5.74) is 0.982. The van der Waals surface area contributed by atoms with Gasteiger partial charge in [-0.15, -0.1) is 10.2 Å². The molecule has 102 valence electrons. The number of nitrogens with zero attached hydrogens (tertiary/aromatic N) is 4. The van der Waals surface area contributed by atoms with Crippen LogP contribution in [0.3, 0.4) is 0 Å². The van der Waals surface area contributed by atoms with Crippen molar-refractivity contribution in [3.8, 4) is 0 Å². The zero-order chi connectivity index (χ0) is 13.8. The van der Waals surface area contributed by atoms with Crippen LogP contribution in [0.4, 0.5) is 4.39 Å². The zero-order valence-corrected chi connectivity index (χ0v) is 12.4. The monoisotopic (exact) mass is 327 g/mol. The van der Waals surface area contributed by atoms with Crippen LogP contribution < -0.4 is 5.32 Å². The fourth-order valence-electron chi connectivity index (χ4n) is 1.91. The summed E-state index contributed by atoms with van der Waals surface area (Å²) in [6.45, 7) is 2.82. The summed E-state index contributed by atoms with van der Waals surface area (Å²) in [4.78, 5) is 1.43. The van der Waals surface area contributed by atoms with E-state index in [1.54, 1.807) is 13.1 Å². The fourth-order valence-corrected chi connectivity index (χ4v) is 2.54. The molecule has 2 rings (SSSR count). The summed E-state index contributed by atoms with van der Waals surface area (Å²) in [5, 5.41) is 15.3. The Morgan fingerprint density at radius 1 is 1.47 bits per heavy atom. The number of nitrogens with one attached hydrogen (secondary N) is 1. The maximum absolute atomic E-state index is 13.1. The second-order valence-corrected chi connectivity index (χ2v) is 5.03. The van der Waals surface area contributed by atoms with Crippen molar-refractivity contribution in [2.75, 3.05) is 6.54 Å². The predicted molar refractivity (Wildman–Crippen MR) is 73.0 cm³/mol. The van der Waals surface area contributed by atoms with Crippen LogP contribution in [-0.4, -0.2) is 26.8 Å². The quantitative estimate of drug-likeness (QED) is 0.912. The van der Waals surface area contributed by atoms with E-state index in [-0.39, 0.29) is 11.9 Å². The van der Waals surface area contributed by atoms with Gasteiger partial charge >= 0.3 is 0 Å². The van der Waals surface area contributed by atoms with Crippen molar-refractivity contribution in [1.82, 2.24) is 25.5 Å². The van der Waals surface area contributed by atoms with Gasteiger partial charge in [-0.1, -0.05) is 28.9 Å². The summed E-state index contributed by atoms with van der Waals surface area (Å²) >= 11 is 3.39. The van der Waals surface area contributed by atoms with Crippen LogP contribution in [0.2, 0.25) is 0 Å². The number of aromatic nitrogens is 4. The second kappa shape index (κ2) is 6.21. The van der Waals surface area contributed by atoms with Crippen LogP contribution in [-0.2, 0) is 13.5 Å². The molecule has 0 amide bonds. The minimum absolute atomic E-state index is 0.0178. The molecule has 0 aliphatic rings. The Balaban J connectivity index is 2.23. The molecule has 1 heterocycles. The molecular formula is C12H15BrFN5. The van der Waals surface area contributed by atoms with Gasteiger partial charge in [0.25, 0.3) is 0 Å². The highest BCUT2D eigenvalue weighted by Gasteiger charge is 2.17. The van der Waals surface area contributed by atoms with Gasteiger partial charge in [0.1, 0.15) is 5.82 Å². The van der Waals surface area contributed by atoms with E-state index in [2.05, 4.69) is 36.7 Å². The van der Waals surface area contributed by atoms with Gasteiger partial charge < -0.3 is 5.32 Å². The van der Waals surface area contributed by atoms with Crippen LogP contribution in [0.1, 0.15) is 24.4 Å². The zero-order valence-electron chi connectivity index (χ0n) is 10.8. The van der Waals surface area contributed by atoms with E-state index in [0.29, 0.717) is 12.2 Å². The summed E-state index contributed by atoms with van der Waals surface area (Å²) in [5.74, 6) is 0.396. The smallest absolute Gasteiger partial charge is 0.176 e. The maximum Gasteiger partial charge on any atom is 0.176 e. The summed E-state index contributed by atoms with van der Waals surface area (Å²) < 4.78 is 13.9. The number of hydrogen-bond donors (Lipinski definition) is 1. The lowest BCUT2D eigenvalue weighted by molar-refractivity contribution is 0.531. The molecule has 19 heavy (non-hydrogen) atoms. The van der Waals surface area contributed by atoms with Crippen molar-refractivity contribution in [3.05, 3.63) is 39.9 Å². The average Bonchev–Trinajstić information content (AvgIpc) is 2.74. The van der Waals surface area contributed by atoms with Crippen LogP contribution in [0.25, 0.3) is 0 Å². The van der Waals surface area contributed by atoms with Crippen molar-refractivity contribution in [2.24, 2.45) is 7.05 Å². The molecule has 7 heteroatoms. The standard InChI is InChI=1S/C12H15BrFN5/c1-3-15-11(7-12-16-18-19(2)17-12)9-5-4-8(14)6-10(9)13/h4-6,11,15H,3,7H2,1-2H3. The Labute approximate surface area is 119 Å². The molecule has 0 bridgehead atoms. The third kappa shape index (κ3) is 3.57. The number of benzene rings is 1. The van der Waals surface area contributed by atoms with E-state index < -0.39 is 0 Å². The first-order valence-electron chi connectivity index (χ1n) is 6.01. The Hall–Kier alpha value is -1.34. The van der Waals surface area contributed by atoms with Crippen LogP contribution >= 0.6 is 15.9 Å². The van der Waals surface area contributed by atoms with Crippen molar-refractivity contribution < 1.29 is 4.39 Å². The molecule has 0 aliphatic heterocycles. The lowest BCUT2D eigenvalue weighted by Crippen LogP contribution is -2.24. The van der Waals surface area contributed by atoms with E-state index in [9.17, 15) is 4.39 Å². The lowest BCUT2D eigenvalue weighted by atomic mass is 10.0.